The van der Waals surface area contributed by atoms with Crippen molar-refractivity contribution in [1.82, 2.24) is 10.3 Å². The number of nitrogens with one attached hydrogen (secondary N) is 2. The number of hydrogen-bond donors (Lipinski definition) is 3. The van der Waals surface area contributed by atoms with Gasteiger partial charge in [-0.05, 0) is 25.3 Å². The van der Waals surface area contributed by atoms with Crippen LogP contribution in [0.1, 0.15) is 80.8 Å². The zero-order valence-corrected chi connectivity index (χ0v) is 16.4. The molecular weight excluding hydrogens is 340 g/mol. The predicted octanol–water partition coefficient (Wildman–Crippen LogP) is 5.06. The van der Waals surface area contributed by atoms with Crippen LogP contribution in [0.15, 0.2) is 24.3 Å². The number of H-pyrrole nitrogens is 1. The number of carbonyl (C=O) groups is 2. The van der Waals surface area contributed by atoms with Gasteiger partial charge in [0.1, 0.15) is 0 Å². The fraction of sp³-hybridized carbons (Fsp3) is 0.545. The molecule has 1 aromatic heterocycles. The number of unbranched alkanes of at least 4 members (excludes halogenated alkanes) is 6. The minimum atomic E-state index is -0.809. The molecule has 3 N–H and O–H groups in total. The lowest BCUT2D eigenvalue weighted by Gasteiger charge is -2.07. The molecule has 0 spiro atoms. The largest absolute Gasteiger partial charge is 0.481 e. The Labute approximate surface area is 161 Å². The molecule has 27 heavy (non-hydrogen) atoms. The van der Waals surface area contributed by atoms with Crippen molar-refractivity contribution >= 4 is 22.8 Å². The van der Waals surface area contributed by atoms with E-state index in [0.29, 0.717) is 24.9 Å². The van der Waals surface area contributed by atoms with Crippen molar-refractivity contribution in [2.75, 3.05) is 6.54 Å². The van der Waals surface area contributed by atoms with Crippen molar-refractivity contribution in [3.8, 4) is 0 Å². The number of amides is 1. The topological polar surface area (TPSA) is 82.2 Å². The summed E-state index contributed by atoms with van der Waals surface area (Å²) < 4.78 is 0. The van der Waals surface area contributed by atoms with Gasteiger partial charge in [-0.25, -0.2) is 0 Å². The van der Waals surface area contributed by atoms with E-state index in [1.54, 1.807) is 0 Å². The summed E-state index contributed by atoms with van der Waals surface area (Å²) in [6.07, 6.45) is 9.68. The van der Waals surface area contributed by atoms with Gasteiger partial charge in [-0.15, -0.1) is 0 Å². The van der Waals surface area contributed by atoms with E-state index in [0.717, 1.165) is 29.4 Å². The fourth-order valence-electron chi connectivity index (χ4n) is 3.43. The molecule has 0 aliphatic rings. The highest BCUT2D eigenvalue weighted by Gasteiger charge is 2.18. The van der Waals surface area contributed by atoms with Crippen molar-refractivity contribution in [2.24, 2.45) is 0 Å². The molecule has 0 atom stereocenters. The van der Waals surface area contributed by atoms with Gasteiger partial charge in [-0.1, -0.05) is 63.6 Å². The van der Waals surface area contributed by atoms with Crippen molar-refractivity contribution < 1.29 is 14.7 Å². The Balaban J connectivity index is 1.90. The maximum atomic E-state index is 12.8. The number of carboxylic acids is 1. The van der Waals surface area contributed by atoms with Crippen LogP contribution in [-0.4, -0.2) is 28.5 Å². The zero-order valence-electron chi connectivity index (χ0n) is 16.4. The number of para-hydroxylation sites is 1. The van der Waals surface area contributed by atoms with Crippen LogP contribution in [0.4, 0.5) is 0 Å². The molecule has 0 aliphatic heterocycles. The van der Waals surface area contributed by atoms with E-state index in [2.05, 4.69) is 17.2 Å². The first kappa shape index (κ1) is 21.0. The van der Waals surface area contributed by atoms with Gasteiger partial charge in [0.2, 0.25) is 0 Å². The van der Waals surface area contributed by atoms with Gasteiger partial charge in [0.05, 0.1) is 5.56 Å². The molecule has 0 fully saturated rings. The van der Waals surface area contributed by atoms with Crippen LogP contribution in [0.5, 0.6) is 0 Å². The Kier molecular flexibility index (Phi) is 8.89. The number of aromatic amines is 1. The van der Waals surface area contributed by atoms with Crippen molar-refractivity contribution in [3.05, 3.63) is 35.5 Å². The average Bonchev–Trinajstić information content (AvgIpc) is 3.01. The second-order valence-electron chi connectivity index (χ2n) is 7.15. The number of rotatable bonds is 13. The molecule has 1 amide bonds. The molecule has 0 aliphatic carbocycles. The number of aryl methyl sites for hydroxylation is 1. The molecule has 2 aromatic rings. The van der Waals surface area contributed by atoms with E-state index in [1.807, 2.05) is 24.3 Å². The van der Waals surface area contributed by atoms with Crippen LogP contribution in [-0.2, 0) is 11.2 Å². The van der Waals surface area contributed by atoms with Crippen molar-refractivity contribution in [2.45, 2.75) is 71.1 Å². The lowest BCUT2D eigenvalue weighted by molar-refractivity contribution is -0.137. The average molecular weight is 373 g/mol. The molecule has 0 radical (unpaired) electrons. The summed E-state index contributed by atoms with van der Waals surface area (Å²) in [6.45, 7) is 2.90. The third-order valence-electron chi connectivity index (χ3n) is 4.89. The molecule has 1 aromatic carbocycles. The second-order valence-corrected chi connectivity index (χ2v) is 7.15. The summed E-state index contributed by atoms with van der Waals surface area (Å²) in [5.74, 6) is -0.875. The Hall–Kier alpha value is -2.30. The molecule has 5 nitrogen and oxygen atoms in total. The van der Waals surface area contributed by atoms with Crippen LogP contribution in [0.3, 0.4) is 0 Å². The van der Waals surface area contributed by atoms with Crippen molar-refractivity contribution in [1.29, 1.82) is 0 Å². The summed E-state index contributed by atoms with van der Waals surface area (Å²) >= 11 is 0. The Bertz CT molecular complexity index is 736. The smallest absolute Gasteiger partial charge is 0.303 e. The molecule has 148 valence electrons. The molecule has 0 saturated heterocycles. The molecule has 0 bridgehead atoms. The van der Waals surface area contributed by atoms with Gasteiger partial charge in [-0.2, -0.15) is 0 Å². The highest BCUT2D eigenvalue weighted by atomic mass is 16.4. The SMILES string of the molecule is CCCCCCCCCNC(=O)c1c(CCCC(=O)O)[nH]c2ccccc12. The highest BCUT2D eigenvalue weighted by molar-refractivity contribution is 6.08. The van der Waals surface area contributed by atoms with Gasteiger partial charge in [0.15, 0.2) is 0 Å². The number of hydrogen-bond acceptors (Lipinski definition) is 2. The minimum absolute atomic E-state index is 0.0660. The number of fused-ring (bicyclic) bond motifs is 1. The summed E-state index contributed by atoms with van der Waals surface area (Å²) in [4.78, 5) is 26.8. The number of benzene rings is 1. The quantitative estimate of drug-likeness (QED) is 0.430. The van der Waals surface area contributed by atoms with Crippen LogP contribution >= 0.6 is 0 Å². The molecule has 1 heterocycles. The van der Waals surface area contributed by atoms with E-state index < -0.39 is 5.97 Å². The van der Waals surface area contributed by atoms with Crippen LogP contribution in [0.25, 0.3) is 10.9 Å². The second kappa shape index (κ2) is 11.4. The zero-order chi connectivity index (χ0) is 19.5. The highest BCUT2D eigenvalue weighted by Crippen LogP contribution is 2.23. The number of aliphatic carboxylic acids is 1. The predicted molar refractivity (Wildman–Crippen MR) is 109 cm³/mol. The third kappa shape index (κ3) is 6.74. The maximum absolute atomic E-state index is 12.8. The first-order chi connectivity index (χ1) is 13.1. The summed E-state index contributed by atoms with van der Waals surface area (Å²) in [6, 6.07) is 7.74. The van der Waals surface area contributed by atoms with Crippen LogP contribution in [0.2, 0.25) is 0 Å². The van der Waals surface area contributed by atoms with Gasteiger partial charge < -0.3 is 15.4 Å². The molecule has 2 rings (SSSR count). The van der Waals surface area contributed by atoms with E-state index in [1.165, 1.54) is 32.1 Å². The van der Waals surface area contributed by atoms with E-state index in [4.69, 9.17) is 5.11 Å². The van der Waals surface area contributed by atoms with Crippen LogP contribution < -0.4 is 5.32 Å². The standard InChI is InChI=1S/C22H32N2O3/c1-2-3-4-5-6-7-10-16-23-22(27)21-17-12-8-9-13-18(17)24-19(21)14-11-15-20(25)26/h8-9,12-13,24H,2-7,10-11,14-16H2,1H3,(H,23,27)(H,25,26). The van der Waals surface area contributed by atoms with E-state index in [-0.39, 0.29) is 12.3 Å². The fourth-order valence-corrected chi connectivity index (χ4v) is 3.43. The lowest BCUT2D eigenvalue weighted by atomic mass is 10.1. The van der Waals surface area contributed by atoms with Gasteiger partial charge in [-0.3, -0.25) is 9.59 Å². The van der Waals surface area contributed by atoms with Crippen LogP contribution in [0, 0.1) is 0 Å². The monoisotopic (exact) mass is 372 g/mol. The first-order valence-electron chi connectivity index (χ1n) is 10.2. The third-order valence-corrected chi connectivity index (χ3v) is 4.89. The summed E-state index contributed by atoms with van der Waals surface area (Å²) in [7, 11) is 0. The molecular formula is C22H32N2O3. The van der Waals surface area contributed by atoms with Gasteiger partial charge in [0.25, 0.3) is 5.91 Å². The maximum Gasteiger partial charge on any atom is 0.303 e. The number of aromatic nitrogens is 1. The molecule has 0 saturated carbocycles. The minimum Gasteiger partial charge on any atom is -0.481 e. The van der Waals surface area contributed by atoms with Gasteiger partial charge >= 0.3 is 5.97 Å². The number of carbonyl (C=O) groups excluding carboxylic acids is 1. The summed E-state index contributed by atoms with van der Waals surface area (Å²) in [5.41, 5.74) is 2.41. The van der Waals surface area contributed by atoms with E-state index >= 15 is 0 Å². The van der Waals surface area contributed by atoms with Crippen molar-refractivity contribution in [3.63, 3.8) is 0 Å². The molecule has 0 unspecified atom stereocenters. The molecule has 5 heteroatoms. The lowest BCUT2D eigenvalue weighted by Crippen LogP contribution is -2.25. The van der Waals surface area contributed by atoms with E-state index in [9.17, 15) is 9.59 Å². The Morgan fingerprint density at radius 1 is 1.00 bits per heavy atom. The Morgan fingerprint density at radius 2 is 1.70 bits per heavy atom. The summed E-state index contributed by atoms with van der Waals surface area (Å²) in [5, 5.41) is 12.8. The normalized spacial score (nSPS) is 11.0. The Morgan fingerprint density at radius 3 is 2.44 bits per heavy atom. The number of carboxylic acid groups (broad SMARTS) is 1. The first-order valence-corrected chi connectivity index (χ1v) is 10.2. The van der Waals surface area contributed by atoms with Gasteiger partial charge in [0, 0.05) is 29.6 Å².